The Bertz CT molecular complexity index is 276. The fourth-order valence-corrected chi connectivity index (χ4v) is 1.48. The van der Waals surface area contributed by atoms with Crippen LogP contribution in [0.15, 0.2) is 0 Å². The van der Waals surface area contributed by atoms with Crippen molar-refractivity contribution in [3.05, 3.63) is 0 Å². The number of carbonyl (C=O) groups is 1. The van der Waals surface area contributed by atoms with Gasteiger partial charge in [-0.15, -0.1) is 0 Å². The Kier molecular flexibility index (Phi) is 5.66. The molecule has 0 aliphatic carbocycles. The van der Waals surface area contributed by atoms with E-state index in [1.165, 1.54) is 0 Å². The Hall–Kier alpha value is -0.660. The minimum absolute atomic E-state index is 0.0792. The maximum absolute atomic E-state index is 11.1. The molecule has 0 heterocycles. The van der Waals surface area contributed by atoms with Crippen molar-refractivity contribution in [3.63, 3.8) is 0 Å². The van der Waals surface area contributed by atoms with E-state index in [0.29, 0.717) is 13.1 Å². The zero-order valence-corrected chi connectivity index (χ0v) is 9.01. The summed E-state index contributed by atoms with van der Waals surface area (Å²) in [5.74, 6) is -0.441. The van der Waals surface area contributed by atoms with E-state index in [1.54, 1.807) is 0 Å². The second-order valence-electron chi connectivity index (χ2n) is 3.10. The fraction of sp³-hybridized carbons (Fsp3) is 0.857. The lowest BCUT2D eigenvalue weighted by Gasteiger charge is -2.10. The van der Waals surface area contributed by atoms with Crippen LogP contribution in [-0.4, -0.2) is 45.5 Å². The van der Waals surface area contributed by atoms with Gasteiger partial charge in [-0.2, -0.15) is 0 Å². The number of rotatable bonds is 6. The molecule has 1 unspecified atom stereocenters. The van der Waals surface area contributed by atoms with Crippen LogP contribution in [0.1, 0.15) is 6.42 Å². The van der Waals surface area contributed by atoms with Gasteiger partial charge in [-0.3, -0.25) is 4.79 Å². The molecule has 0 rings (SSSR count). The summed E-state index contributed by atoms with van der Waals surface area (Å²) in [6.45, 7) is 0.690. The van der Waals surface area contributed by atoms with Crippen molar-refractivity contribution in [1.29, 1.82) is 0 Å². The summed E-state index contributed by atoms with van der Waals surface area (Å²) < 4.78 is 21.5. The molecule has 5 N–H and O–H groups in total. The molecule has 6 nitrogen and oxygen atoms in total. The first-order chi connectivity index (χ1) is 6.37. The first-order valence-electron chi connectivity index (χ1n) is 4.28. The van der Waals surface area contributed by atoms with Crippen LogP contribution in [0, 0.1) is 0 Å². The van der Waals surface area contributed by atoms with Crippen molar-refractivity contribution in [1.82, 2.24) is 5.32 Å². The molecule has 0 bridgehead atoms. The molecule has 1 amide bonds. The van der Waals surface area contributed by atoms with Crippen LogP contribution >= 0.6 is 0 Å². The lowest BCUT2D eigenvalue weighted by molar-refractivity contribution is -0.122. The summed E-state index contributed by atoms with van der Waals surface area (Å²) in [5.41, 5.74) is 10.6. The molecule has 0 saturated carbocycles. The predicted molar refractivity (Wildman–Crippen MR) is 54.4 cm³/mol. The third-order valence-corrected chi connectivity index (χ3v) is 2.56. The minimum Gasteiger partial charge on any atom is -0.353 e. The third kappa shape index (κ3) is 6.81. The highest BCUT2D eigenvalue weighted by atomic mass is 32.2. The number of hydrogen-bond donors (Lipinski definition) is 3. The third-order valence-electron chi connectivity index (χ3n) is 1.58. The van der Waals surface area contributed by atoms with Crippen LogP contribution in [0.2, 0.25) is 0 Å². The molecule has 0 fully saturated rings. The van der Waals surface area contributed by atoms with E-state index >= 15 is 0 Å². The van der Waals surface area contributed by atoms with Crippen molar-refractivity contribution in [3.8, 4) is 0 Å². The van der Waals surface area contributed by atoms with Crippen molar-refractivity contribution >= 4 is 15.7 Å². The van der Waals surface area contributed by atoms with Crippen molar-refractivity contribution < 1.29 is 13.2 Å². The van der Waals surface area contributed by atoms with Gasteiger partial charge in [0.25, 0.3) is 0 Å². The first kappa shape index (κ1) is 13.3. The Labute approximate surface area is 83.9 Å². The summed E-state index contributed by atoms with van der Waals surface area (Å²) in [6, 6.07) is -0.781. The van der Waals surface area contributed by atoms with E-state index in [0.717, 1.165) is 6.26 Å². The van der Waals surface area contributed by atoms with Crippen molar-refractivity contribution in [2.24, 2.45) is 11.5 Å². The van der Waals surface area contributed by atoms with Gasteiger partial charge in [-0.25, -0.2) is 8.42 Å². The normalized spacial score (nSPS) is 13.6. The van der Waals surface area contributed by atoms with Gasteiger partial charge in [-0.05, 0) is 6.42 Å². The van der Waals surface area contributed by atoms with Crippen LogP contribution in [0.4, 0.5) is 0 Å². The molecule has 14 heavy (non-hydrogen) atoms. The highest BCUT2D eigenvalue weighted by molar-refractivity contribution is 7.90. The topological polar surface area (TPSA) is 115 Å². The standard InChI is InChI=1S/C7H17N3O3S/c1-14(12,13)5-2-6(9)7(11)10-4-3-8/h6H,2-5,8-9H2,1H3,(H,10,11). The number of sulfone groups is 1. The van der Waals surface area contributed by atoms with Gasteiger partial charge in [0.05, 0.1) is 11.8 Å². The van der Waals surface area contributed by atoms with Gasteiger partial charge in [-0.1, -0.05) is 0 Å². The molecule has 0 saturated heterocycles. The Morgan fingerprint density at radius 2 is 2.07 bits per heavy atom. The average molecular weight is 223 g/mol. The van der Waals surface area contributed by atoms with Crippen LogP contribution in [0.3, 0.4) is 0 Å². The van der Waals surface area contributed by atoms with Gasteiger partial charge >= 0.3 is 0 Å². The van der Waals surface area contributed by atoms with E-state index in [9.17, 15) is 13.2 Å². The maximum atomic E-state index is 11.1. The lowest BCUT2D eigenvalue weighted by Crippen LogP contribution is -2.43. The van der Waals surface area contributed by atoms with E-state index in [4.69, 9.17) is 11.5 Å². The molecule has 0 aliphatic rings. The zero-order valence-electron chi connectivity index (χ0n) is 8.19. The van der Waals surface area contributed by atoms with E-state index < -0.39 is 15.9 Å². The molecular formula is C7H17N3O3S. The first-order valence-corrected chi connectivity index (χ1v) is 6.34. The van der Waals surface area contributed by atoms with Gasteiger partial charge in [0.1, 0.15) is 9.84 Å². The lowest BCUT2D eigenvalue weighted by atomic mass is 10.2. The Morgan fingerprint density at radius 1 is 1.50 bits per heavy atom. The van der Waals surface area contributed by atoms with Crippen LogP contribution in [0.25, 0.3) is 0 Å². The minimum atomic E-state index is -3.06. The summed E-state index contributed by atoms with van der Waals surface area (Å²) in [7, 11) is -3.06. The van der Waals surface area contributed by atoms with Crippen LogP contribution in [0.5, 0.6) is 0 Å². The summed E-state index contributed by atoms with van der Waals surface area (Å²) in [5, 5.41) is 2.48. The van der Waals surface area contributed by atoms with Gasteiger partial charge in [0.2, 0.25) is 5.91 Å². The second kappa shape index (κ2) is 5.94. The van der Waals surface area contributed by atoms with Crippen LogP contribution in [-0.2, 0) is 14.6 Å². The average Bonchev–Trinajstić information content (AvgIpc) is 2.09. The van der Waals surface area contributed by atoms with Crippen molar-refractivity contribution in [2.45, 2.75) is 12.5 Å². The zero-order chi connectivity index (χ0) is 11.2. The van der Waals surface area contributed by atoms with E-state index in [-0.39, 0.29) is 18.1 Å². The maximum Gasteiger partial charge on any atom is 0.236 e. The number of nitrogens with one attached hydrogen (secondary N) is 1. The number of hydrogen-bond acceptors (Lipinski definition) is 5. The number of carbonyl (C=O) groups excluding carboxylic acids is 1. The molecule has 0 aromatic carbocycles. The number of nitrogens with two attached hydrogens (primary N) is 2. The molecule has 0 radical (unpaired) electrons. The van der Waals surface area contributed by atoms with E-state index in [2.05, 4.69) is 5.32 Å². The highest BCUT2D eigenvalue weighted by Crippen LogP contribution is 1.93. The monoisotopic (exact) mass is 223 g/mol. The molecule has 0 aromatic rings. The second-order valence-corrected chi connectivity index (χ2v) is 5.36. The molecular weight excluding hydrogens is 206 g/mol. The molecule has 0 aromatic heterocycles. The Morgan fingerprint density at radius 3 is 2.50 bits per heavy atom. The highest BCUT2D eigenvalue weighted by Gasteiger charge is 2.14. The predicted octanol–water partition coefficient (Wildman–Crippen LogP) is -2.18. The van der Waals surface area contributed by atoms with Gasteiger partial charge in [0.15, 0.2) is 0 Å². The largest absolute Gasteiger partial charge is 0.353 e. The SMILES string of the molecule is CS(=O)(=O)CCC(N)C(=O)NCCN. The smallest absolute Gasteiger partial charge is 0.236 e. The van der Waals surface area contributed by atoms with Crippen LogP contribution < -0.4 is 16.8 Å². The Balaban J connectivity index is 3.84. The summed E-state index contributed by atoms with van der Waals surface area (Å²) in [6.07, 6.45) is 1.24. The summed E-state index contributed by atoms with van der Waals surface area (Å²) >= 11 is 0. The molecule has 1 atom stereocenters. The van der Waals surface area contributed by atoms with Crippen molar-refractivity contribution in [2.75, 3.05) is 25.1 Å². The molecule has 0 aliphatic heterocycles. The quantitative estimate of drug-likeness (QED) is 0.473. The fourth-order valence-electron chi connectivity index (χ4n) is 0.799. The van der Waals surface area contributed by atoms with Gasteiger partial charge < -0.3 is 16.8 Å². The summed E-state index contributed by atoms with van der Waals surface area (Å²) in [4.78, 5) is 11.1. The van der Waals surface area contributed by atoms with Gasteiger partial charge in [0, 0.05) is 19.3 Å². The molecule has 84 valence electrons. The molecule has 7 heteroatoms. The van der Waals surface area contributed by atoms with E-state index in [1.807, 2.05) is 0 Å². The molecule has 0 spiro atoms. The number of amides is 1.